The first kappa shape index (κ1) is 24.7. The third kappa shape index (κ3) is 6.76. The first-order chi connectivity index (χ1) is 15.1. The van der Waals surface area contributed by atoms with Gasteiger partial charge < -0.3 is 9.80 Å². The van der Waals surface area contributed by atoms with E-state index in [-0.39, 0.29) is 17.1 Å². The first-order valence-electron chi connectivity index (χ1n) is 11.8. The molecule has 2 heterocycles. The fourth-order valence-corrected chi connectivity index (χ4v) is 5.36. The van der Waals surface area contributed by atoms with Crippen molar-refractivity contribution in [3.63, 3.8) is 0 Å². The van der Waals surface area contributed by atoms with E-state index in [2.05, 4.69) is 50.1 Å². The summed E-state index contributed by atoms with van der Waals surface area (Å²) in [5.41, 5.74) is 4.86. The lowest BCUT2D eigenvalue weighted by atomic mass is 9.82. The fourth-order valence-electron chi connectivity index (χ4n) is 4.47. The summed E-state index contributed by atoms with van der Waals surface area (Å²) in [5.74, 6) is 0.355. The van der Waals surface area contributed by atoms with E-state index in [0.29, 0.717) is 12.8 Å². The van der Waals surface area contributed by atoms with Crippen molar-refractivity contribution in [2.24, 2.45) is 5.41 Å². The quantitative estimate of drug-likeness (QED) is 0.483. The van der Waals surface area contributed by atoms with E-state index in [9.17, 15) is 9.59 Å². The largest absolute Gasteiger partial charge is 0.340 e. The Balaban J connectivity index is 1.54. The van der Waals surface area contributed by atoms with Crippen LogP contribution in [0.25, 0.3) is 0 Å². The second-order valence-electron chi connectivity index (χ2n) is 10.2. The van der Waals surface area contributed by atoms with Crippen LogP contribution in [-0.4, -0.2) is 54.7 Å². The van der Waals surface area contributed by atoms with Crippen LogP contribution in [-0.2, 0) is 17.6 Å². The van der Waals surface area contributed by atoms with Crippen molar-refractivity contribution in [2.45, 2.75) is 59.8 Å². The molecule has 0 bridgehead atoms. The summed E-state index contributed by atoms with van der Waals surface area (Å²) in [4.78, 5) is 31.0. The number of likely N-dealkylation sites (N-methyl/N-ethyl adjacent to an activating group) is 1. The van der Waals surface area contributed by atoms with E-state index < -0.39 is 0 Å². The van der Waals surface area contributed by atoms with Crippen LogP contribution in [0.15, 0.2) is 29.6 Å². The van der Waals surface area contributed by atoms with E-state index in [1.54, 1.807) is 11.3 Å². The first-order valence-corrected chi connectivity index (χ1v) is 12.6. The molecule has 0 saturated carbocycles. The van der Waals surface area contributed by atoms with E-state index >= 15 is 0 Å². The van der Waals surface area contributed by atoms with Gasteiger partial charge in [-0.05, 0) is 73.7 Å². The number of aryl methyl sites for hydroxylation is 4. The Morgan fingerprint density at radius 2 is 1.66 bits per heavy atom. The number of carbonyl (C=O) groups excluding carboxylic acids is 2. The molecule has 174 valence electrons. The minimum absolute atomic E-state index is 0.177. The monoisotopic (exact) mass is 454 g/mol. The SMILES string of the molecule is Cc1ccc(C)c(CCCc2ccsc2C(=O)CC(C)(C)CC(=O)N2CCN(C)CC2)c1. The molecule has 1 fully saturated rings. The molecule has 1 amide bonds. The van der Waals surface area contributed by atoms with Gasteiger partial charge in [0.05, 0.1) is 4.88 Å². The summed E-state index contributed by atoms with van der Waals surface area (Å²) in [6, 6.07) is 8.72. The predicted octanol–water partition coefficient (Wildman–Crippen LogP) is 5.30. The Kier molecular flexibility index (Phi) is 8.29. The van der Waals surface area contributed by atoms with Gasteiger partial charge in [0.15, 0.2) is 5.78 Å². The number of carbonyl (C=O) groups is 2. The van der Waals surface area contributed by atoms with Crippen LogP contribution in [0.3, 0.4) is 0 Å². The summed E-state index contributed by atoms with van der Waals surface area (Å²) in [5, 5.41) is 2.03. The maximum absolute atomic E-state index is 13.2. The van der Waals surface area contributed by atoms with Crippen LogP contribution in [0.2, 0.25) is 0 Å². The molecule has 1 aromatic carbocycles. The van der Waals surface area contributed by atoms with E-state index in [4.69, 9.17) is 0 Å². The predicted molar refractivity (Wildman–Crippen MR) is 134 cm³/mol. The number of Topliss-reactive ketones (excluding diaryl/α,β-unsaturated/α-hetero) is 1. The molecule has 1 aromatic heterocycles. The van der Waals surface area contributed by atoms with Crippen LogP contribution in [0.1, 0.15) is 65.0 Å². The van der Waals surface area contributed by atoms with E-state index in [0.717, 1.165) is 55.9 Å². The normalized spacial score (nSPS) is 15.2. The van der Waals surface area contributed by atoms with Gasteiger partial charge in [0.25, 0.3) is 0 Å². The van der Waals surface area contributed by atoms with Crippen LogP contribution >= 0.6 is 11.3 Å². The average Bonchev–Trinajstić information content (AvgIpc) is 3.19. The Morgan fingerprint density at radius 1 is 0.969 bits per heavy atom. The summed E-state index contributed by atoms with van der Waals surface area (Å²) < 4.78 is 0. The lowest BCUT2D eigenvalue weighted by molar-refractivity contribution is -0.134. The fraction of sp³-hybridized carbons (Fsp3) is 0.556. The second kappa shape index (κ2) is 10.8. The van der Waals surface area contributed by atoms with Crippen molar-refractivity contribution in [3.8, 4) is 0 Å². The van der Waals surface area contributed by atoms with Crippen LogP contribution in [0.5, 0.6) is 0 Å². The number of rotatable bonds is 9. The zero-order valence-electron chi connectivity index (χ0n) is 20.4. The van der Waals surface area contributed by atoms with Crippen molar-refractivity contribution >= 4 is 23.0 Å². The number of benzene rings is 1. The summed E-state index contributed by atoms with van der Waals surface area (Å²) >= 11 is 1.55. The lowest BCUT2D eigenvalue weighted by Crippen LogP contribution is -2.48. The zero-order valence-corrected chi connectivity index (χ0v) is 21.2. The molecular formula is C27H38N2O2S. The van der Waals surface area contributed by atoms with Gasteiger partial charge in [-0.25, -0.2) is 0 Å². The van der Waals surface area contributed by atoms with Crippen molar-refractivity contribution in [1.82, 2.24) is 9.80 Å². The standard InChI is InChI=1S/C27H38N2O2S/c1-20-9-10-21(2)23(17-20)8-6-7-22-11-16-32-26(22)24(30)18-27(3,4)19-25(31)29-14-12-28(5)13-15-29/h9-11,16-17H,6-8,12-15,18-19H2,1-5H3. The minimum Gasteiger partial charge on any atom is -0.340 e. The zero-order chi connectivity index (χ0) is 23.3. The molecule has 3 rings (SSSR count). The van der Waals surface area contributed by atoms with Gasteiger partial charge in [-0.2, -0.15) is 0 Å². The highest BCUT2D eigenvalue weighted by molar-refractivity contribution is 7.12. The van der Waals surface area contributed by atoms with Crippen molar-refractivity contribution in [3.05, 3.63) is 56.8 Å². The molecule has 5 heteroatoms. The Morgan fingerprint density at radius 3 is 2.38 bits per heavy atom. The molecule has 32 heavy (non-hydrogen) atoms. The topological polar surface area (TPSA) is 40.6 Å². The van der Waals surface area contributed by atoms with Gasteiger partial charge in [-0.3, -0.25) is 9.59 Å². The molecule has 0 aliphatic carbocycles. The van der Waals surface area contributed by atoms with Crippen molar-refractivity contribution < 1.29 is 9.59 Å². The third-order valence-electron chi connectivity index (χ3n) is 6.52. The molecule has 2 aromatic rings. The number of ketones is 1. The highest BCUT2D eigenvalue weighted by Crippen LogP contribution is 2.31. The van der Waals surface area contributed by atoms with Crippen LogP contribution in [0.4, 0.5) is 0 Å². The van der Waals surface area contributed by atoms with Crippen LogP contribution < -0.4 is 0 Å². The number of piperazine rings is 1. The Bertz CT molecular complexity index is 939. The maximum Gasteiger partial charge on any atom is 0.223 e. The number of hydrogen-bond donors (Lipinski definition) is 0. The number of nitrogens with zero attached hydrogens (tertiary/aromatic N) is 2. The molecule has 0 N–H and O–H groups in total. The molecular weight excluding hydrogens is 416 g/mol. The third-order valence-corrected chi connectivity index (χ3v) is 7.52. The van der Waals surface area contributed by atoms with Gasteiger partial charge in [0.1, 0.15) is 0 Å². The van der Waals surface area contributed by atoms with Gasteiger partial charge >= 0.3 is 0 Å². The van der Waals surface area contributed by atoms with Crippen molar-refractivity contribution in [1.29, 1.82) is 0 Å². The van der Waals surface area contributed by atoms with Gasteiger partial charge in [0.2, 0.25) is 5.91 Å². The highest BCUT2D eigenvalue weighted by atomic mass is 32.1. The van der Waals surface area contributed by atoms with Gasteiger partial charge in [-0.1, -0.05) is 37.6 Å². The van der Waals surface area contributed by atoms with Gasteiger partial charge in [0, 0.05) is 39.0 Å². The smallest absolute Gasteiger partial charge is 0.223 e. The molecule has 0 spiro atoms. The summed E-state index contributed by atoms with van der Waals surface area (Å²) in [7, 11) is 2.09. The number of amides is 1. The Hall–Kier alpha value is -1.98. The molecule has 4 nitrogen and oxygen atoms in total. The molecule has 1 saturated heterocycles. The lowest BCUT2D eigenvalue weighted by Gasteiger charge is -2.34. The average molecular weight is 455 g/mol. The van der Waals surface area contributed by atoms with Crippen LogP contribution in [0, 0.1) is 19.3 Å². The highest BCUT2D eigenvalue weighted by Gasteiger charge is 2.30. The van der Waals surface area contributed by atoms with Gasteiger partial charge in [-0.15, -0.1) is 11.3 Å². The molecule has 0 unspecified atom stereocenters. The minimum atomic E-state index is -0.336. The summed E-state index contributed by atoms with van der Waals surface area (Å²) in [6.45, 7) is 11.8. The maximum atomic E-state index is 13.2. The molecule has 1 aliphatic rings. The molecule has 0 radical (unpaired) electrons. The summed E-state index contributed by atoms with van der Waals surface area (Å²) in [6.07, 6.45) is 3.82. The van der Waals surface area contributed by atoms with Crippen molar-refractivity contribution in [2.75, 3.05) is 33.2 Å². The molecule has 1 aliphatic heterocycles. The Labute approximate surface area is 197 Å². The number of thiophene rings is 1. The second-order valence-corrected chi connectivity index (χ2v) is 11.1. The van der Waals surface area contributed by atoms with E-state index in [1.165, 1.54) is 16.7 Å². The molecule has 0 atom stereocenters. The number of hydrogen-bond acceptors (Lipinski definition) is 4. The van der Waals surface area contributed by atoms with E-state index in [1.807, 2.05) is 24.1 Å².